The molecule has 0 saturated heterocycles. The Labute approximate surface area is 158 Å². The fraction of sp³-hybridized carbons (Fsp3) is 0.0952. The lowest BCUT2D eigenvalue weighted by atomic mass is 9.99. The molecule has 2 N–H and O–H groups in total. The number of methoxy groups -OCH3 is 1. The maximum atomic E-state index is 12.2. The Morgan fingerprint density at radius 3 is 2.18 bits per heavy atom. The topological polar surface area (TPSA) is 105 Å². The summed E-state index contributed by atoms with van der Waals surface area (Å²) >= 11 is 0. The smallest absolute Gasteiger partial charge is 0.337 e. The van der Waals surface area contributed by atoms with Crippen molar-refractivity contribution in [2.24, 2.45) is 0 Å². The first-order valence-electron chi connectivity index (χ1n) is 8.56. The molecule has 0 aliphatic heterocycles. The van der Waals surface area contributed by atoms with E-state index >= 15 is 0 Å². The van der Waals surface area contributed by atoms with Gasteiger partial charge in [-0.2, -0.15) is 0 Å². The Hall–Kier alpha value is -3.87. The zero-order valence-electron chi connectivity index (χ0n) is 14.9. The summed E-state index contributed by atoms with van der Waals surface area (Å²) in [5.74, 6) is 0.790. The normalized spacial score (nSPS) is 10.9. The molecular formula is C21H16N2O5. The van der Waals surface area contributed by atoms with Crippen molar-refractivity contribution in [1.29, 1.82) is 0 Å². The fourth-order valence-electron chi connectivity index (χ4n) is 3.14. The van der Waals surface area contributed by atoms with E-state index in [0.717, 1.165) is 22.4 Å². The highest BCUT2D eigenvalue weighted by atomic mass is 16.5. The monoisotopic (exact) mass is 376 g/mol. The Balaban J connectivity index is 1.69. The molecule has 0 atom stereocenters. The molecule has 0 bridgehead atoms. The van der Waals surface area contributed by atoms with Gasteiger partial charge in [-0.25, -0.2) is 9.59 Å². The van der Waals surface area contributed by atoms with E-state index in [-0.39, 0.29) is 11.1 Å². The summed E-state index contributed by atoms with van der Waals surface area (Å²) in [4.78, 5) is 39.9. The number of aromatic amines is 2. The molecule has 7 heteroatoms. The molecule has 0 spiro atoms. The van der Waals surface area contributed by atoms with Crippen molar-refractivity contribution < 1.29 is 9.15 Å². The Morgan fingerprint density at radius 2 is 1.54 bits per heavy atom. The van der Waals surface area contributed by atoms with Gasteiger partial charge in [0.2, 0.25) is 5.71 Å². The van der Waals surface area contributed by atoms with Crippen LogP contribution in [0.4, 0.5) is 0 Å². The van der Waals surface area contributed by atoms with Crippen LogP contribution in [0.25, 0.3) is 22.2 Å². The SMILES string of the molecule is COc1ccc(-c2ccc(Cc3cc(=O)oc4[nH]c(=O)[nH]c(=O)c34)cc2)cc1. The predicted molar refractivity (Wildman–Crippen MR) is 105 cm³/mol. The first-order chi connectivity index (χ1) is 13.5. The number of fused-ring (bicyclic) bond motifs is 1. The van der Waals surface area contributed by atoms with Gasteiger partial charge in [-0.3, -0.25) is 14.8 Å². The molecule has 2 heterocycles. The number of ether oxygens (including phenoxy) is 1. The Kier molecular flexibility index (Phi) is 4.41. The summed E-state index contributed by atoms with van der Waals surface area (Å²) in [5, 5.41) is 0.165. The van der Waals surface area contributed by atoms with Crippen LogP contribution in [0, 0.1) is 0 Å². The summed E-state index contributed by atoms with van der Waals surface area (Å²) in [5.41, 5.74) is 1.42. The maximum absolute atomic E-state index is 12.2. The molecule has 0 unspecified atom stereocenters. The van der Waals surface area contributed by atoms with Crippen LogP contribution >= 0.6 is 0 Å². The van der Waals surface area contributed by atoms with Gasteiger partial charge in [0.25, 0.3) is 5.56 Å². The molecule has 2 aromatic carbocycles. The summed E-state index contributed by atoms with van der Waals surface area (Å²) in [7, 11) is 1.62. The molecule has 4 aromatic rings. The van der Waals surface area contributed by atoms with E-state index in [2.05, 4.69) is 9.97 Å². The van der Waals surface area contributed by atoms with Gasteiger partial charge in [0, 0.05) is 6.07 Å². The van der Waals surface area contributed by atoms with Crippen molar-refractivity contribution in [1.82, 2.24) is 9.97 Å². The van der Waals surface area contributed by atoms with E-state index in [1.165, 1.54) is 6.07 Å². The van der Waals surface area contributed by atoms with E-state index < -0.39 is 16.9 Å². The van der Waals surface area contributed by atoms with Gasteiger partial charge in [-0.05, 0) is 40.8 Å². The van der Waals surface area contributed by atoms with Gasteiger partial charge in [-0.15, -0.1) is 0 Å². The van der Waals surface area contributed by atoms with Gasteiger partial charge < -0.3 is 9.15 Å². The lowest BCUT2D eigenvalue weighted by molar-refractivity contribution is 0.415. The van der Waals surface area contributed by atoms with Crippen LogP contribution < -0.4 is 21.6 Å². The molecule has 2 aromatic heterocycles. The minimum absolute atomic E-state index is 0.119. The van der Waals surface area contributed by atoms with Gasteiger partial charge >= 0.3 is 11.3 Å². The maximum Gasteiger partial charge on any atom is 0.337 e. The van der Waals surface area contributed by atoms with Gasteiger partial charge in [0.15, 0.2) is 0 Å². The summed E-state index contributed by atoms with van der Waals surface area (Å²) in [6.07, 6.45) is 0.347. The second kappa shape index (κ2) is 7.03. The lowest BCUT2D eigenvalue weighted by Gasteiger charge is -2.07. The number of rotatable bonds is 4. The van der Waals surface area contributed by atoms with Crippen molar-refractivity contribution in [3.63, 3.8) is 0 Å². The van der Waals surface area contributed by atoms with E-state index in [0.29, 0.717) is 12.0 Å². The second-order valence-electron chi connectivity index (χ2n) is 6.31. The molecule has 0 radical (unpaired) electrons. The molecule has 4 rings (SSSR count). The van der Waals surface area contributed by atoms with Crippen molar-refractivity contribution in [3.8, 4) is 16.9 Å². The molecule has 28 heavy (non-hydrogen) atoms. The zero-order chi connectivity index (χ0) is 19.7. The van der Waals surface area contributed by atoms with Crippen LogP contribution in [-0.2, 0) is 6.42 Å². The van der Waals surface area contributed by atoms with Crippen molar-refractivity contribution >= 4 is 11.1 Å². The van der Waals surface area contributed by atoms with Gasteiger partial charge in [0.05, 0.1) is 7.11 Å². The summed E-state index contributed by atoms with van der Waals surface area (Å²) < 4.78 is 10.1. The van der Waals surface area contributed by atoms with Crippen LogP contribution in [0.5, 0.6) is 5.75 Å². The van der Waals surface area contributed by atoms with E-state index in [4.69, 9.17) is 9.15 Å². The highest BCUT2D eigenvalue weighted by Gasteiger charge is 2.12. The van der Waals surface area contributed by atoms with Crippen molar-refractivity contribution in [3.05, 3.63) is 97.0 Å². The summed E-state index contributed by atoms with van der Waals surface area (Å²) in [6.45, 7) is 0. The predicted octanol–water partition coefficient (Wildman–Crippen LogP) is 2.44. The van der Waals surface area contributed by atoms with E-state index in [1.807, 2.05) is 48.5 Å². The molecular weight excluding hydrogens is 360 g/mol. The largest absolute Gasteiger partial charge is 0.497 e. The molecule has 0 saturated carbocycles. The van der Waals surface area contributed by atoms with Crippen LogP contribution in [0.2, 0.25) is 0 Å². The first-order valence-corrected chi connectivity index (χ1v) is 8.56. The Morgan fingerprint density at radius 1 is 0.893 bits per heavy atom. The van der Waals surface area contributed by atoms with E-state index in [1.54, 1.807) is 7.11 Å². The van der Waals surface area contributed by atoms with Gasteiger partial charge in [0.1, 0.15) is 11.1 Å². The molecule has 0 aliphatic carbocycles. The third kappa shape index (κ3) is 3.37. The second-order valence-corrected chi connectivity index (χ2v) is 6.31. The fourth-order valence-corrected chi connectivity index (χ4v) is 3.14. The van der Waals surface area contributed by atoms with E-state index in [9.17, 15) is 14.4 Å². The molecule has 7 nitrogen and oxygen atoms in total. The molecule has 140 valence electrons. The van der Waals surface area contributed by atoms with Crippen LogP contribution in [0.1, 0.15) is 11.1 Å². The number of H-pyrrole nitrogens is 2. The van der Waals surface area contributed by atoms with Crippen molar-refractivity contribution in [2.45, 2.75) is 6.42 Å². The third-order valence-corrected chi connectivity index (χ3v) is 4.50. The number of nitrogens with one attached hydrogen (secondary N) is 2. The third-order valence-electron chi connectivity index (χ3n) is 4.50. The van der Waals surface area contributed by atoms with Crippen LogP contribution in [0.3, 0.4) is 0 Å². The highest BCUT2D eigenvalue weighted by molar-refractivity contribution is 5.75. The average Bonchev–Trinajstić information content (AvgIpc) is 2.68. The van der Waals surface area contributed by atoms with Crippen LogP contribution in [0.15, 0.2) is 73.4 Å². The number of benzene rings is 2. The van der Waals surface area contributed by atoms with Gasteiger partial charge in [-0.1, -0.05) is 36.4 Å². The van der Waals surface area contributed by atoms with Crippen LogP contribution in [-0.4, -0.2) is 17.1 Å². The molecule has 0 fully saturated rings. The average molecular weight is 376 g/mol. The standard InChI is InChI=1S/C21H16N2O5/c1-27-16-8-6-14(7-9-16)13-4-2-12(3-5-13)10-15-11-17(24)28-20-18(15)19(25)22-21(26)23-20/h2-9,11H,10H2,1H3,(H2,22,23,25,26). The summed E-state index contributed by atoms with van der Waals surface area (Å²) in [6, 6.07) is 16.8. The molecule has 0 aliphatic rings. The minimum atomic E-state index is -0.721. The lowest BCUT2D eigenvalue weighted by Crippen LogP contribution is -2.24. The first kappa shape index (κ1) is 17.5. The Bertz CT molecular complexity index is 1310. The number of hydrogen-bond donors (Lipinski definition) is 2. The molecule has 0 amide bonds. The van der Waals surface area contributed by atoms with Crippen molar-refractivity contribution in [2.75, 3.05) is 7.11 Å². The minimum Gasteiger partial charge on any atom is -0.497 e. The number of hydrogen-bond acceptors (Lipinski definition) is 5. The quantitative estimate of drug-likeness (QED) is 0.569. The number of aromatic nitrogens is 2. The highest BCUT2D eigenvalue weighted by Crippen LogP contribution is 2.23. The zero-order valence-corrected chi connectivity index (χ0v) is 14.9.